The van der Waals surface area contributed by atoms with E-state index in [1.54, 1.807) is 6.33 Å². The number of rotatable bonds is 7. The Labute approximate surface area is 123 Å². The van der Waals surface area contributed by atoms with Crippen LogP contribution < -0.4 is 5.32 Å². The zero-order chi connectivity index (χ0) is 14.4. The number of likely N-dealkylation sites (N-methyl/N-ethyl adjacent to an activating group) is 1. The van der Waals surface area contributed by atoms with Crippen molar-refractivity contribution in [3.05, 3.63) is 12.2 Å². The van der Waals surface area contributed by atoms with Gasteiger partial charge in [0.2, 0.25) is 0 Å². The summed E-state index contributed by atoms with van der Waals surface area (Å²) in [4.78, 5) is 4.39. The summed E-state index contributed by atoms with van der Waals surface area (Å²) < 4.78 is 1.91. The summed E-state index contributed by atoms with van der Waals surface area (Å²) in [5.41, 5.74) is 0. The molecule has 1 aliphatic carbocycles. The Bertz CT molecular complexity index is 380. The van der Waals surface area contributed by atoms with Gasteiger partial charge in [-0.2, -0.15) is 5.10 Å². The SMILES string of the molecule is CCCC1CCC(C(Cc2ncnn2C)NCC)CC1. The Morgan fingerprint density at radius 1 is 1.30 bits per heavy atom. The number of hydrogen-bond donors (Lipinski definition) is 1. The highest BCUT2D eigenvalue weighted by atomic mass is 15.3. The molecule has 1 unspecified atom stereocenters. The molecule has 0 aliphatic heterocycles. The van der Waals surface area contributed by atoms with E-state index in [2.05, 4.69) is 29.2 Å². The first-order valence-electron chi connectivity index (χ1n) is 8.30. The fraction of sp³-hybridized carbons (Fsp3) is 0.875. The highest BCUT2D eigenvalue weighted by Gasteiger charge is 2.27. The maximum Gasteiger partial charge on any atom is 0.138 e. The molecule has 1 saturated carbocycles. The van der Waals surface area contributed by atoms with Gasteiger partial charge in [0, 0.05) is 19.5 Å². The van der Waals surface area contributed by atoms with Crippen LogP contribution in [0.3, 0.4) is 0 Å². The summed E-state index contributed by atoms with van der Waals surface area (Å²) in [5.74, 6) is 2.89. The third kappa shape index (κ3) is 4.05. The van der Waals surface area contributed by atoms with Crippen LogP contribution in [0.4, 0.5) is 0 Å². The summed E-state index contributed by atoms with van der Waals surface area (Å²) in [5, 5.41) is 7.87. The molecule has 1 atom stereocenters. The number of nitrogens with zero attached hydrogens (tertiary/aromatic N) is 3. The van der Waals surface area contributed by atoms with Gasteiger partial charge in [0.1, 0.15) is 12.2 Å². The van der Waals surface area contributed by atoms with E-state index in [9.17, 15) is 0 Å². The second kappa shape index (κ2) is 7.77. The van der Waals surface area contributed by atoms with E-state index in [4.69, 9.17) is 0 Å². The second-order valence-electron chi connectivity index (χ2n) is 6.24. The van der Waals surface area contributed by atoms with Crippen LogP contribution in [0, 0.1) is 11.8 Å². The molecule has 0 amide bonds. The van der Waals surface area contributed by atoms with E-state index in [1.807, 2.05) is 11.7 Å². The van der Waals surface area contributed by atoms with Crippen LogP contribution >= 0.6 is 0 Å². The average molecular weight is 278 g/mol. The molecule has 0 spiro atoms. The first-order chi connectivity index (χ1) is 9.74. The van der Waals surface area contributed by atoms with Crippen LogP contribution in [0.15, 0.2) is 6.33 Å². The molecule has 0 saturated heterocycles. The van der Waals surface area contributed by atoms with E-state index in [0.717, 1.165) is 30.6 Å². The fourth-order valence-electron chi connectivity index (χ4n) is 3.66. The fourth-order valence-corrected chi connectivity index (χ4v) is 3.66. The van der Waals surface area contributed by atoms with Gasteiger partial charge in [-0.3, -0.25) is 4.68 Å². The van der Waals surface area contributed by atoms with Crippen LogP contribution in [0.5, 0.6) is 0 Å². The lowest BCUT2D eigenvalue weighted by molar-refractivity contribution is 0.211. The first kappa shape index (κ1) is 15.5. The molecule has 4 nitrogen and oxygen atoms in total. The predicted molar refractivity (Wildman–Crippen MR) is 82.5 cm³/mol. The van der Waals surface area contributed by atoms with E-state index in [1.165, 1.54) is 38.5 Å². The molecule has 1 heterocycles. The lowest BCUT2D eigenvalue weighted by atomic mass is 9.76. The van der Waals surface area contributed by atoms with Crippen molar-refractivity contribution in [2.24, 2.45) is 18.9 Å². The van der Waals surface area contributed by atoms with Crippen molar-refractivity contribution >= 4 is 0 Å². The largest absolute Gasteiger partial charge is 0.314 e. The molecular formula is C16H30N4. The maximum absolute atomic E-state index is 4.39. The Hall–Kier alpha value is -0.900. The van der Waals surface area contributed by atoms with Gasteiger partial charge in [-0.1, -0.05) is 39.5 Å². The van der Waals surface area contributed by atoms with Gasteiger partial charge in [-0.05, 0) is 31.2 Å². The summed E-state index contributed by atoms with van der Waals surface area (Å²) in [7, 11) is 1.99. The zero-order valence-electron chi connectivity index (χ0n) is 13.3. The summed E-state index contributed by atoms with van der Waals surface area (Å²) >= 11 is 0. The molecule has 114 valence electrons. The minimum Gasteiger partial charge on any atom is -0.314 e. The predicted octanol–water partition coefficient (Wildman–Crippen LogP) is 2.94. The van der Waals surface area contributed by atoms with Crippen LogP contribution in [-0.2, 0) is 13.5 Å². The van der Waals surface area contributed by atoms with Crippen LogP contribution in [0.2, 0.25) is 0 Å². The number of aromatic nitrogens is 3. The topological polar surface area (TPSA) is 42.7 Å². The normalized spacial score (nSPS) is 24.8. The van der Waals surface area contributed by atoms with Gasteiger partial charge in [-0.15, -0.1) is 0 Å². The van der Waals surface area contributed by atoms with Gasteiger partial charge < -0.3 is 5.32 Å². The summed E-state index contributed by atoms with van der Waals surface area (Å²) in [6, 6.07) is 0.561. The van der Waals surface area contributed by atoms with Gasteiger partial charge in [-0.25, -0.2) is 4.98 Å². The van der Waals surface area contributed by atoms with Gasteiger partial charge >= 0.3 is 0 Å². The molecule has 1 fully saturated rings. The van der Waals surface area contributed by atoms with E-state index in [0.29, 0.717) is 6.04 Å². The molecule has 2 rings (SSSR count). The molecule has 1 aromatic heterocycles. The van der Waals surface area contributed by atoms with Gasteiger partial charge in [0.05, 0.1) is 0 Å². The minimum absolute atomic E-state index is 0.561. The molecular weight excluding hydrogens is 248 g/mol. The second-order valence-corrected chi connectivity index (χ2v) is 6.24. The molecule has 20 heavy (non-hydrogen) atoms. The summed E-state index contributed by atoms with van der Waals surface area (Å²) in [6.45, 7) is 5.55. The Balaban J connectivity index is 1.90. The van der Waals surface area contributed by atoms with Crippen molar-refractivity contribution in [3.63, 3.8) is 0 Å². The molecule has 0 aromatic carbocycles. The van der Waals surface area contributed by atoms with Crippen molar-refractivity contribution < 1.29 is 0 Å². The standard InChI is InChI=1S/C16H30N4/c1-4-6-13-7-9-14(10-8-13)15(17-5-2)11-16-18-12-19-20(16)3/h12-15,17H,4-11H2,1-3H3. The van der Waals surface area contributed by atoms with Crippen molar-refractivity contribution in [3.8, 4) is 0 Å². The van der Waals surface area contributed by atoms with Crippen LogP contribution in [0.1, 0.15) is 58.2 Å². The highest BCUT2D eigenvalue weighted by Crippen LogP contribution is 2.33. The van der Waals surface area contributed by atoms with Crippen molar-refractivity contribution in [2.45, 2.75) is 64.8 Å². The maximum atomic E-state index is 4.39. The third-order valence-corrected chi connectivity index (χ3v) is 4.83. The first-order valence-corrected chi connectivity index (χ1v) is 8.30. The Morgan fingerprint density at radius 3 is 2.60 bits per heavy atom. The summed E-state index contributed by atoms with van der Waals surface area (Å²) in [6.07, 6.45) is 11.0. The third-order valence-electron chi connectivity index (χ3n) is 4.83. The van der Waals surface area contributed by atoms with Crippen LogP contribution in [0.25, 0.3) is 0 Å². The number of aryl methyl sites for hydroxylation is 1. The molecule has 1 N–H and O–H groups in total. The lowest BCUT2D eigenvalue weighted by Gasteiger charge is -2.34. The molecule has 4 heteroatoms. The average Bonchev–Trinajstić information content (AvgIpc) is 2.85. The smallest absolute Gasteiger partial charge is 0.138 e. The number of hydrogen-bond acceptors (Lipinski definition) is 3. The van der Waals surface area contributed by atoms with E-state index < -0.39 is 0 Å². The zero-order valence-corrected chi connectivity index (χ0v) is 13.3. The van der Waals surface area contributed by atoms with E-state index in [-0.39, 0.29) is 0 Å². The highest BCUT2D eigenvalue weighted by molar-refractivity contribution is 4.93. The molecule has 1 aromatic rings. The van der Waals surface area contributed by atoms with Crippen LogP contribution in [-0.4, -0.2) is 27.4 Å². The van der Waals surface area contributed by atoms with Gasteiger partial charge in [0.15, 0.2) is 0 Å². The Kier molecular flexibility index (Phi) is 6.02. The quantitative estimate of drug-likeness (QED) is 0.834. The molecule has 0 bridgehead atoms. The van der Waals surface area contributed by atoms with Crippen molar-refractivity contribution in [1.82, 2.24) is 20.1 Å². The minimum atomic E-state index is 0.561. The van der Waals surface area contributed by atoms with Gasteiger partial charge in [0.25, 0.3) is 0 Å². The lowest BCUT2D eigenvalue weighted by Crippen LogP contribution is -2.40. The Morgan fingerprint density at radius 2 is 2.05 bits per heavy atom. The monoisotopic (exact) mass is 278 g/mol. The molecule has 1 aliphatic rings. The van der Waals surface area contributed by atoms with Crippen molar-refractivity contribution in [1.29, 1.82) is 0 Å². The van der Waals surface area contributed by atoms with Crippen molar-refractivity contribution in [2.75, 3.05) is 6.54 Å². The molecule has 0 radical (unpaired) electrons. The number of nitrogens with one attached hydrogen (secondary N) is 1. The van der Waals surface area contributed by atoms with E-state index >= 15 is 0 Å².